The van der Waals surface area contributed by atoms with E-state index < -0.39 is 0 Å². The highest BCUT2D eigenvalue weighted by Crippen LogP contribution is 2.16. The van der Waals surface area contributed by atoms with Crippen LogP contribution in [0.4, 0.5) is 17.8 Å². The molecular formula is C14H26N6O. The van der Waals surface area contributed by atoms with Crippen molar-refractivity contribution in [3.8, 4) is 0 Å². The van der Waals surface area contributed by atoms with E-state index >= 15 is 0 Å². The molecule has 0 saturated carbocycles. The smallest absolute Gasteiger partial charge is 0.231 e. The van der Waals surface area contributed by atoms with E-state index in [2.05, 4.69) is 32.5 Å². The largest absolute Gasteiger partial charge is 0.381 e. The molecule has 0 aromatic carbocycles. The number of ether oxygens (including phenoxy) is 1. The normalized spacial score (nSPS) is 15.8. The van der Waals surface area contributed by atoms with Crippen molar-refractivity contribution in [2.45, 2.75) is 26.2 Å². The van der Waals surface area contributed by atoms with Crippen LogP contribution in [0.5, 0.6) is 0 Å². The zero-order valence-corrected chi connectivity index (χ0v) is 13.2. The predicted octanol–water partition coefficient (Wildman–Crippen LogP) is 1.60. The summed E-state index contributed by atoms with van der Waals surface area (Å²) < 4.78 is 5.38. The fourth-order valence-corrected chi connectivity index (χ4v) is 2.15. The summed E-state index contributed by atoms with van der Waals surface area (Å²) in [5.41, 5.74) is 0. The lowest BCUT2D eigenvalue weighted by Gasteiger charge is -2.22. The molecule has 7 heteroatoms. The molecule has 0 amide bonds. The first-order valence-electron chi connectivity index (χ1n) is 7.68. The molecule has 7 nitrogen and oxygen atoms in total. The van der Waals surface area contributed by atoms with Crippen LogP contribution in [0.1, 0.15) is 26.2 Å². The molecule has 1 aliphatic heterocycles. The summed E-state index contributed by atoms with van der Waals surface area (Å²) in [7, 11) is 3.86. The SMILES string of the molecule is CCCNc1nc(NCC2CCOCC2)nc(N(C)C)n1. The van der Waals surface area contributed by atoms with Crippen LogP contribution < -0.4 is 15.5 Å². The molecule has 0 spiro atoms. The molecule has 1 aliphatic rings. The van der Waals surface area contributed by atoms with Crippen LogP contribution in [0.25, 0.3) is 0 Å². The average molecular weight is 294 g/mol. The molecule has 1 aromatic heterocycles. The topological polar surface area (TPSA) is 75.2 Å². The van der Waals surface area contributed by atoms with Crippen molar-refractivity contribution < 1.29 is 4.74 Å². The molecule has 0 radical (unpaired) electrons. The summed E-state index contributed by atoms with van der Waals surface area (Å²) in [4.78, 5) is 15.2. The van der Waals surface area contributed by atoms with Gasteiger partial charge < -0.3 is 20.3 Å². The molecule has 2 N–H and O–H groups in total. The van der Waals surface area contributed by atoms with Gasteiger partial charge in [-0.05, 0) is 25.2 Å². The van der Waals surface area contributed by atoms with Gasteiger partial charge in [0.1, 0.15) is 0 Å². The van der Waals surface area contributed by atoms with Crippen LogP contribution in [0.15, 0.2) is 0 Å². The lowest BCUT2D eigenvalue weighted by molar-refractivity contribution is 0.0699. The van der Waals surface area contributed by atoms with Gasteiger partial charge >= 0.3 is 0 Å². The van der Waals surface area contributed by atoms with Crippen LogP contribution in [0.3, 0.4) is 0 Å². The molecule has 0 atom stereocenters. The van der Waals surface area contributed by atoms with E-state index in [4.69, 9.17) is 4.74 Å². The number of rotatable bonds is 7. The van der Waals surface area contributed by atoms with Gasteiger partial charge in [-0.25, -0.2) is 0 Å². The van der Waals surface area contributed by atoms with Crippen LogP contribution in [0.2, 0.25) is 0 Å². The fourth-order valence-electron chi connectivity index (χ4n) is 2.15. The summed E-state index contributed by atoms with van der Waals surface area (Å²) in [6, 6.07) is 0. The fraction of sp³-hybridized carbons (Fsp3) is 0.786. The van der Waals surface area contributed by atoms with Gasteiger partial charge in [0.25, 0.3) is 0 Å². The Balaban J connectivity index is 2.00. The molecular weight excluding hydrogens is 268 g/mol. The van der Waals surface area contributed by atoms with E-state index in [1.54, 1.807) is 0 Å². The number of nitrogens with one attached hydrogen (secondary N) is 2. The molecule has 0 bridgehead atoms. The van der Waals surface area contributed by atoms with Crippen molar-refractivity contribution in [2.24, 2.45) is 5.92 Å². The second-order valence-electron chi connectivity index (χ2n) is 5.54. The third-order valence-corrected chi connectivity index (χ3v) is 3.45. The zero-order chi connectivity index (χ0) is 15.1. The van der Waals surface area contributed by atoms with Crippen LogP contribution in [-0.2, 0) is 4.74 Å². The maximum Gasteiger partial charge on any atom is 0.231 e. The summed E-state index contributed by atoms with van der Waals surface area (Å²) >= 11 is 0. The Labute approximate surface area is 126 Å². The molecule has 2 rings (SSSR count). The molecule has 118 valence electrons. The number of hydrogen-bond donors (Lipinski definition) is 2. The second-order valence-corrected chi connectivity index (χ2v) is 5.54. The minimum Gasteiger partial charge on any atom is -0.381 e. The Morgan fingerprint density at radius 2 is 1.76 bits per heavy atom. The van der Waals surface area contributed by atoms with Crippen LogP contribution >= 0.6 is 0 Å². The minimum atomic E-state index is 0.630. The Bertz CT molecular complexity index is 433. The minimum absolute atomic E-state index is 0.630. The lowest BCUT2D eigenvalue weighted by Crippen LogP contribution is -2.24. The van der Waals surface area contributed by atoms with E-state index in [1.165, 1.54) is 0 Å². The van der Waals surface area contributed by atoms with E-state index in [1.807, 2.05) is 19.0 Å². The van der Waals surface area contributed by atoms with Crippen molar-refractivity contribution in [1.82, 2.24) is 15.0 Å². The lowest BCUT2D eigenvalue weighted by atomic mass is 10.0. The number of aromatic nitrogens is 3. The molecule has 1 saturated heterocycles. The van der Waals surface area contributed by atoms with Gasteiger partial charge in [0.05, 0.1) is 0 Å². The van der Waals surface area contributed by atoms with Crippen molar-refractivity contribution >= 4 is 17.8 Å². The summed E-state index contributed by atoms with van der Waals surface area (Å²) in [6.45, 7) is 5.57. The van der Waals surface area contributed by atoms with Gasteiger partial charge in [0.2, 0.25) is 17.8 Å². The Morgan fingerprint density at radius 3 is 2.38 bits per heavy atom. The first-order valence-corrected chi connectivity index (χ1v) is 7.68. The van der Waals surface area contributed by atoms with E-state index in [9.17, 15) is 0 Å². The quantitative estimate of drug-likeness (QED) is 0.791. The molecule has 0 aliphatic carbocycles. The third-order valence-electron chi connectivity index (χ3n) is 3.45. The van der Waals surface area contributed by atoms with Crippen molar-refractivity contribution in [1.29, 1.82) is 0 Å². The predicted molar refractivity (Wildman–Crippen MR) is 85.0 cm³/mol. The summed E-state index contributed by atoms with van der Waals surface area (Å²) in [6.07, 6.45) is 3.23. The van der Waals surface area contributed by atoms with Gasteiger partial charge in [-0.2, -0.15) is 15.0 Å². The van der Waals surface area contributed by atoms with E-state index in [-0.39, 0.29) is 0 Å². The number of nitrogens with zero attached hydrogens (tertiary/aromatic N) is 4. The first-order chi connectivity index (χ1) is 10.2. The number of anilines is 3. The van der Waals surface area contributed by atoms with Gasteiger partial charge in [0, 0.05) is 40.4 Å². The van der Waals surface area contributed by atoms with Crippen molar-refractivity contribution in [2.75, 3.05) is 55.9 Å². The molecule has 0 unspecified atom stereocenters. The second kappa shape index (κ2) is 7.97. The zero-order valence-electron chi connectivity index (χ0n) is 13.2. The van der Waals surface area contributed by atoms with Crippen LogP contribution in [0, 0.1) is 5.92 Å². The Morgan fingerprint density at radius 1 is 1.10 bits per heavy atom. The highest BCUT2D eigenvalue weighted by molar-refractivity contribution is 5.42. The average Bonchev–Trinajstić information content (AvgIpc) is 2.51. The molecule has 1 aromatic rings. The Kier molecular flexibility index (Phi) is 5.98. The van der Waals surface area contributed by atoms with Gasteiger partial charge in [-0.15, -0.1) is 0 Å². The van der Waals surface area contributed by atoms with Crippen molar-refractivity contribution in [3.05, 3.63) is 0 Å². The monoisotopic (exact) mass is 294 g/mol. The van der Waals surface area contributed by atoms with Gasteiger partial charge in [0.15, 0.2) is 0 Å². The van der Waals surface area contributed by atoms with E-state index in [0.29, 0.717) is 23.8 Å². The van der Waals surface area contributed by atoms with Gasteiger partial charge in [-0.1, -0.05) is 6.92 Å². The standard InChI is InChI=1S/C14H26N6O/c1-4-7-15-12-17-13(19-14(18-12)20(2)3)16-10-11-5-8-21-9-6-11/h11H,4-10H2,1-3H3,(H2,15,16,17,18,19). The van der Waals surface area contributed by atoms with Gasteiger partial charge in [-0.3, -0.25) is 0 Å². The highest BCUT2D eigenvalue weighted by atomic mass is 16.5. The van der Waals surface area contributed by atoms with E-state index in [0.717, 1.165) is 45.6 Å². The van der Waals surface area contributed by atoms with Crippen LogP contribution in [-0.4, -0.2) is 55.4 Å². The van der Waals surface area contributed by atoms with Crippen molar-refractivity contribution in [3.63, 3.8) is 0 Å². The third kappa shape index (κ3) is 5.00. The molecule has 1 fully saturated rings. The Hall–Kier alpha value is -1.63. The highest BCUT2D eigenvalue weighted by Gasteiger charge is 2.15. The summed E-state index contributed by atoms with van der Waals surface area (Å²) in [5, 5.41) is 6.56. The first kappa shape index (κ1) is 15.8. The number of hydrogen-bond acceptors (Lipinski definition) is 7. The maximum atomic E-state index is 5.38. The summed E-state index contributed by atoms with van der Waals surface area (Å²) in [5.74, 6) is 2.56. The molecule has 21 heavy (non-hydrogen) atoms. The maximum absolute atomic E-state index is 5.38. The molecule has 2 heterocycles.